The number of nitrogens with zero attached hydrogens (tertiary/aromatic N) is 2. The lowest BCUT2D eigenvalue weighted by molar-refractivity contribution is -0.0117. The van der Waals surface area contributed by atoms with Crippen LogP contribution < -0.4 is 0 Å². The maximum atomic E-state index is 3.73. The minimum absolute atomic E-state index is 0.561. The van der Waals surface area contributed by atoms with Gasteiger partial charge in [-0.1, -0.05) is 64.5 Å². The molecule has 0 aromatic heterocycles. The van der Waals surface area contributed by atoms with Crippen LogP contribution in [0.4, 0.5) is 0 Å². The summed E-state index contributed by atoms with van der Waals surface area (Å²) < 4.78 is 1.23. The molecule has 3 heteroatoms. The standard InChI is InChI=1S/C21H25BrN2/c22-20-11-5-4-10-18(20)15-24-19(16-23-12-6-7-13-23)14-21(24)17-8-2-1-3-9-17/h1-5,8-11,19,21H,6-7,12-16H2/t19-,21+/m0/s1. The van der Waals surface area contributed by atoms with Crippen LogP contribution >= 0.6 is 15.9 Å². The zero-order valence-corrected chi connectivity index (χ0v) is 15.7. The lowest BCUT2D eigenvalue weighted by Crippen LogP contribution is -2.54. The van der Waals surface area contributed by atoms with Crippen molar-refractivity contribution in [3.63, 3.8) is 0 Å². The van der Waals surface area contributed by atoms with Crippen molar-refractivity contribution in [3.05, 3.63) is 70.2 Å². The van der Waals surface area contributed by atoms with Crippen LogP contribution in [0, 0.1) is 0 Å². The monoisotopic (exact) mass is 384 g/mol. The van der Waals surface area contributed by atoms with Crippen LogP contribution in [0.1, 0.15) is 36.4 Å². The Kier molecular flexibility index (Phi) is 5.02. The Morgan fingerprint density at radius 3 is 2.38 bits per heavy atom. The van der Waals surface area contributed by atoms with Crippen LogP contribution in [-0.4, -0.2) is 35.5 Å². The highest BCUT2D eigenvalue weighted by Gasteiger charge is 2.40. The van der Waals surface area contributed by atoms with Gasteiger partial charge >= 0.3 is 0 Å². The second-order valence-corrected chi connectivity index (χ2v) is 7.94. The van der Waals surface area contributed by atoms with E-state index in [2.05, 4.69) is 80.3 Å². The molecular formula is C21H25BrN2. The zero-order valence-electron chi connectivity index (χ0n) is 14.1. The molecule has 2 aliphatic rings. The summed E-state index contributed by atoms with van der Waals surface area (Å²) in [6.45, 7) is 4.83. The van der Waals surface area contributed by atoms with Gasteiger partial charge in [-0.25, -0.2) is 0 Å². The maximum absolute atomic E-state index is 3.73. The highest BCUT2D eigenvalue weighted by Crippen LogP contribution is 2.41. The molecule has 2 fully saturated rings. The number of hydrogen-bond donors (Lipinski definition) is 0. The van der Waals surface area contributed by atoms with Crippen molar-refractivity contribution in [1.29, 1.82) is 0 Å². The quantitative estimate of drug-likeness (QED) is 0.725. The average molecular weight is 385 g/mol. The second kappa shape index (κ2) is 7.38. The Hall–Kier alpha value is -1.16. The molecule has 2 heterocycles. The first-order valence-corrected chi connectivity index (χ1v) is 9.87. The van der Waals surface area contributed by atoms with Gasteiger partial charge in [0.2, 0.25) is 0 Å². The lowest BCUT2D eigenvalue weighted by atomic mass is 9.86. The largest absolute Gasteiger partial charge is 0.302 e. The number of hydrogen-bond acceptors (Lipinski definition) is 2. The van der Waals surface area contributed by atoms with Gasteiger partial charge in [0.25, 0.3) is 0 Å². The van der Waals surface area contributed by atoms with E-state index in [1.165, 1.54) is 54.5 Å². The fourth-order valence-electron chi connectivity index (χ4n) is 4.15. The topological polar surface area (TPSA) is 6.48 Å². The summed E-state index contributed by atoms with van der Waals surface area (Å²) in [6.07, 6.45) is 4.03. The van der Waals surface area contributed by atoms with Crippen molar-refractivity contribution in [2.24, 2.45) is 0 Å². The van der Waals surface area contributed by atoms with Crippen LogP contribution in [0.5, 0.6) is 0 Å². The molecule has 2 aliphatic heterocycles. The van der Waals surface area contributed by atoms with E-state index in [4.69, 9.17) is 0 Å². The summed E-state index contributed by atoms with van der Waals surface area (Å²) >= 11 is 3.73. The maximum Gasteiger partial charge on any atom is 0.0370 e. The highest BCUT2D eigenvalue weighted by atomic mass is 79.9. The molecule has 2 aromatic carbocycles. The van der Waals surface area contributed by atoms with Gasteiger partial charge in [0.1, 0.15) is 0 Å². The molecule has 0 amide bonds. The van der Waals surface area contributed by atoms with Gasteiger partial charge in [0, 0.05) is 29.6 Å². The van der Waals surface area contributed by atoms with E-state index < -0.39 is 0 Å². The van der Waals surface area contributed by atoms with Crippen molar-refractivity contribution < 1.29 is 0 Å². The average Bonchev–Trinajstić information content (AvgIpc) is 3.11. The molecule has 2 saturated heterocycles. The predicted molar refractivity (Wildman–Crippen MR) is 103 cm³/mol. The third-order valence-electron chi connectivity index (χ3n) is 5.53. The first-order valence-electron chi connectivity index (χ1n) is 9.08. The van der Waals surface area contributed by atoms with Gasteiger partial charge in [0.05, 0.1) is 0 Å². The van der Waals surface area contributed by atoms with E-state index in [1.807, 2.05) is 0 Å². The second-order valence-electron chi connectivity index (χ2n) is 7.09. The van der Waals surface area contributed by atoms with E-state index in [-0.39, 0.29) is 0 Å². The molecule has 0 radical (unpaired) electrons. The summed E-state index contributed by atoms with van der Waals surface area (Å²) in [6, 6.07) is 20.9. The van der Waals surface area contributed by atoms with E-state index in [0.717, 1.165) is 6.54 Å². The third kappa shape index (κ3) is 3.44. The highest BCUT2D eigenvalue weighted by molar-refractivity contribution is 9.10. The lowest BCUT2D eigenvalue weighted by Gasteiger charge is -2.50. The molecule has 0 spiro atoms. The molecule has 0 aliphatic carbocycles. The molecule has 4 rings (SSSR count). The fourth-order valence-corrected chi connectivity index (χ4v) is 4.56. The van der Waals surface area contributed by atoms with Crippen molar-refractivity contribution in [2.45, 2.75) is 37.9 Å². The minimum Gasteiger partial charge on any atom is -0.302 e. The predicted octanol–water partition coefficient (Wildman–Crippen LogP) is 4.86. The van der Waals surface area contributed by atoms with E-state index in [0.29, 0.717) is 12.1 Å². The van der Waals surface area contributed by atoms with Gasteiger partial charge in [-0.3, -0.25) is 4.90 Å². The molecule has 0 bridgehead atoms. The molecule has 2 atom stereocenters. The molecule has 126 valence electrons. The molecule has 0 unspecified atom stereocenters. The van der Waals surface area contributed by atoms with Gasteiger partial charge in [-0.05, 0) is 49.5 Å². The van der Waals surface area contributed by atoms with Gasteiger partial charge < -0.3 is 4.90 Å². The van der Waals surface area contributed by atoms with Crippen LogP contribution in [0.2, 0.25) is 0 Å². The Bertz CT molecular complexity index is 667. The number of halogens is 1. The van der Waals surface area contributed by atoms with Crippen LogP contribution in [-0.2, 0) is 6.54 Å². The first kappa shape index (κ1) is 16.3. The fraction of sp³-hybridized carbons (Fsp3) is 0.429. The van der Waals surface area contributed by atoms with Gasteiger partial charge in [-0.15, -0.1) is 0 Å². The molecule has 2 nitrogen and oxygen atoms in total. The van der Waals surface area contributed by atoms with Crippen molar-refractivity contribution in [1.82, 2.24) is 9.80 Å². The molecule has 2 aromatic rings. The Labute approximate surface area is 153 Å². The Morgan fingerprint density at radius 1 is 0.917 bits per heavy atom. The summed E-state index contributed by atoms with van der Waals surface area (Å²) in [5.41, 5.74) is 2.85. The molecule has 0 N–H and O–H groups in total. The minimum atomic E-state index is 0.561. The van der Waals surface area contributed by atoms with Crippen LogP contribution in [0.3, 0.4) is 0 Å². The normalized spacial score (nSPS) is 24.9. The first-order chi connectivity index (χ1) is 11.8. The van der Waals surface area contributed by atoms with E-state index in [1.54, 1.807) is 0 Å². The van der Waals surface area contributed by atoms with Gasteiger partial charge in [-0.2, -0.15) is 0 Å². The van der Waals surface area contributed by atoms with E-state index >= 15 is 0 Å². The van der Waals surface area contributed by atoms with E-state index in [9.17, 15) is 0 Å². The summed E-state index contributed by atoms with van der Waals surface area (Å²) in [5, 5.41) is 0. The van der Waals surface area contributed by atoms with Gasteiger partial charge in [0.15, 0.2) is 0 Å². The number of likely N-dealkylation sites (tertiary alicyclic amines) is 2. The van der Waals surface area contributed by atoms with Crippen LogP contribution in [0.15, 0.2) is 59.1 Å². The SMILES string of the molecule is Brc1ccccc1CN1[C@H](CN2CCCC2)C[C@@H]1c1ccccc1. The van der Waals surface area contributed by atoms with Crippen LogP contribution in [0.25, 0.3) is 0 Å². The Balaban J connectivity index is 1.52. The molecule has 24 heavy (non-hydrogen) atoms. The zero-order chi connectivity index (χ0) is 16.4. The summed E-state index contributed by atoms with van der Waals surface area (Å²) in [5.74, 6) is 0. The van der Waals surface area contributed by atoms with Crippen molar-refractivity contribution in [3.8, 4) is 0 Å². The summed E-state index contributed by atoms with van der Waals surface area (Å²) in [4.78, 5) is 5.35. The smallest absolute Gasteiger partial charge is 0.0370 e. The van der Waals surface area contributed by atoms with Crippen molar-refractivity contribution >= 4 is 15.9 Å². The van der Waals surface area contributed by atoms with Crippen molar-refractivity contribution in [2.75, 3.05) is 19.6 Å². The number of rotatable bonds is 5. The number of benzene rings is 2. The molecular weight excluding hydrogens is 360 g/mol. The molecule has 0 saturated carbocycles. The third-order valence-corrected chi connectivity index (χ3v) is 6.30. The summed E-state index contributed by atoms with van der Waals surface area (Å²) in [7, 11) is 0. The Morgan fingerprint density at radius 2 is 1.62 bits per heavy atom.